The number of hydrogen-bond acceptors (Lipinski definition) is 4. The number of anilines is 2. The molecule has 2 rings (SSSR count). The molecule has 0 aromatic heterocycles. The third-order valence-electron chi connectivity index (χ3n) is 3.45. The van der Waals surface area contributed by atoms with Crippen molar-refractivity contribution in [3.05, 3.63) is 23.2 Å². The lowest BCUT2D eigenvalue weighted by Crippen LogP contribution is -2.48. The Bertz CT molecular complexity index is 562. The van der Waals surface area contributed by atoms with Gasteiger partial charge in [-0.05, 0) is 38.5 Å². The van der Waals surface area contributed by atoms with Crippen molar-refractivity contribution >= 4 is 34.9 Å². The third-order valence-corrected chi connectivity index (χ3v) is 3.69. The summed E-state index contributed by atoms with van der Waals surface area (Å²) in [5, 5.41) is 3.65. The van der Waals surface area contributed by atoms with E-state index in [4.69, 9.17) is 16.3 Å². The van der Waals surface area contributed by atoms with E-state index in [1.54, 1.807) is 25.1 Å². The van der Waals surface area contributed by atoms with Crippen LogP contribution in [0, 0.1) is 0 Å². The molecule has 2 atom stereocenters. The minimum absolute atomic E-state index is 0.0934. The molecule has 0 bridgehead atoms. The molecule has 0 saturated heterocycles. The number of rotatable bonds is 4. The summed E-state index contributed by atoms with van der Waals surface area (Å²) in [6.45, 7) is 5.42. The third kappa shape index (κ3) is 3.47. The molecule has 6 heteroatoms. The fraction of sp³-hybridized carbons (Fsp3) is 0.467. The van der Waals surface area contributed by atoms with Crippen LogP contribution in [0.5, 0.6) is 0 Å². The molecule has 0 saturated carbocycles. The van der Waals surface area contributed by atoms with E-state index in [0.717, 1.165) is 12.1 Å². The molecule has 21 heavy (non-hydrogen) atoms. The maximum atomic E-state index is 12.3. The Labute approximate surface area is 129 Å². The first-order valence-corrected chi connectivity index (χ1v) is 7.37. The van der Waals surface area contributed by atoms with Crippen LogP contribution in [-0.2, 0) is 14.3 Å². The minimum Gasteiger partial charge on any atom is -0.461 e. The number of carbonyl (C=O) groups is 2. The molecule has 5 nitrogen and oxygen atoms in total. The van der Waals surface area contributed by atoms with E-state index in [9.17, 15) is 9.59 Å². The molecule has 1 aromatic carbocycles. The maximum absolute atomic E-state index is 12.3. The molecule has 1 N–H and O–H groups in total. The molecule has 1 aliphatic rings. The van der Waals surface area contributed by atoms with Crippen molar-refractivity contribution in [2.24, 2.45) is 0 Å². The van der Waals surface area contributed by atoms with E-state index < -0.39 is 12.0 Å². The molecule has 0 fully saturated rings. The van der Waals surface area contributed by atoms with Crippen molar-refractivity contribution in [2.45, 2.75) is 39.3 Å². The molecule has 114 valence electrons. The zero-order valence-corrected chi connectivity index (χ0v) is 13.1. The quantitative estimate of drug-likeness (QED) is 0.869. The highest BCUT2D eigenvalue weighted by Crippen LogP contribution is 2.33. The van der Waals surface area contributed by atoms with Gasteiger partial charge in [-0.3, -0.25) is 14.5 Å². The summed E-state index contributed by atoms with van der Waals surface area (Å²) in [5.74, 6) is -0.571. The van der Waals surface area contributed by atoms with E-state index in [1.165, 1.54) is 4.90 Å². The van der Waals surface area contributed by atoms with Gasteiger partial charge in [-0.25, -0.2) is 0 Å². The van der Waals surface area contributed by atoms with Crippen molar-refractivity contribution in [1.29, 1.82) is 0 Å². The summed E-state index contributed by atoms with van der Waals surface area (Å²) in [6.07, 6.45) is 0.585. The smallest absolute Gasteiger partial charge is 0.326 e. The van der Waals surface area contributed by atoms with Gasteiger partial charge in [-0.1, -0.05) is 18.5 Å². The van der Waals surface area contributed by atoms with E-state index in [0.29, 0.717) is 10.7 Å². The van der Waals surface area contributed by atoms with Crippen molar-refractivity contribution in [3.8, 4) is 0 Å². The summed E-state index contributed by atoms with van der Waals surface area (Å²) in [7, 11) is 0. The van der Waals surface area contributed by atoms with Gasteiger partial charge in [0.1, 0.15) is 12.6 Å². The highest BCUT2D eigenvalue weighted by molar-refractivity contribution is 6.31. The molecule has 1 heterocycles. The highest BCUT2D eigenvalue weighted by Gasteiger charge is 2.31. The predicted octanol–water partition coefficient (Wildman–Crippen LogP) is 2.83. The molecule has 0 spiro atoms. The average molecular weight is 311 g/mol. The Morgan fingerprint density at radius 1 is 1.52 bits per heavy atom. The van der Waals surface area contributed by atoms with Gasteiger partial charge in [0.25, 0.3) is 0 Å². The van der Waals surface area contributed by atoms with Crippen LogP contribution < -0.4 is 10.2 Å². The van der Waals surface area contributed by atoms with Crippen LogP contribution in [0.15, 0.2) is 18.2 Å². The van der Waals surface area contributed by atoms with Gasteiger partial charge in [0.05, 0.1) is 17.5 Å². The van der Waals surface area contributed by atoms with E-state index in [-0.39, 0.29) is 18.6 Å². The van der Waals surface area contributed by atoms with Gasteiger partial charge < -0.3 is 10.1 Å². The molecular weight excluding hydrogens is 292 g/mol. The second-order valence-electron chi connectivity index (χ2n) is 5.16. The van der Waals surface area contributed by atoms with Crippen LogP contribution in [0.25, 0.3) is 0 Å². The van der Waals surface area contributed by atoms with Crippen molar-refractivity contribution < 1.29 is 14.3 Å². The summed E-state index contributed by atoms with van der Waals surface area (Å²) in [5.41, 5.74) is 1.38. The lowest BCUT2D eigenvalue weighted by molar-refractivity contribution is -0.147. The van der Waals surface area contributed by atoms with E-state index in [2.05, 4.69) is 5.32 Å². The van der Waals surface area contributed by atoms with Crippen LogP contribution in [0.1, 0.15) is 27.2 Å². The van der Waals surface area contributed by atoms with Crippen molar-refractivity contribution in [3.63, 3.8) is 0 Å². The predicted molar refractivity (Wildman–Crippen MR) is 82.7 cm³/mol. The van der Waals surface area contributed by atoms with Gasteiger partial charge >= 0.3 is 5.97 Å². The minimum atomic E-state index is -0.410. The van der Waals surface area contributed by atoms with Crippen LogP contribution in [-0.4, -0.2) is 30.6 Å². The summed E-state index contributed by atoms with van der Waals surface area (Å²) < 4.78 is 5.25. The fourth-order valence-corrected chi connectivity index (χ4v) is 2.32. The molecule has 1 aliphatic heterocycles. The number of halogens is 1. The van der Waals surface area contributed by atoms with Gasteiger partial charge in [-0.15, -0.1) is 0 Å². The van der Waals surface area contributed by atoms with Gasteiger partial charge in [-0.2, -0.15) is 0 Å². The lowest BCUT2D eigenvalue weighted by atomic mass is 10.1. The second-order valence-corrected chi connectivity index (χ2v) is 5.60. The number of ether oxygens (including phenoxy) is 1. The van der Waals surface area contributed by atoms with E-state index in [1.807, 2.05) is 13.8 Å². The zero-order chi connectivity index (χ0) is 15.6. The van der Waals surface area contributed by atoms with Crippen LogP contribution >= 0.6 is 11.6 Å². The number of fused-ring (bicyclic) bond motifs is 1. The van der Waals surface area contributed by atoms with Crippen molar-refractivity contribution in [2.75, 3.05) is 16.8 Å². The SMILES string of the molecule is CCC(C)OC(=O)CN1C(=O)C(C)Nc2cc(Cl)ccc21. The molecule has 2 unspecified atom stereocenters. The first-order valence-electron chi connectivity index (χ1n) is 6.99. The summed E-state index contributed by atoms with van der Waals surface area (Å²) in [6, 6.07) is 4.75. The Balaban J connectivity index is 2.22. The number of nitrogens with zero attached hydrogens (tertiary/aromatic N) is 1. The monoisotopic (exact) mass is 310 g/mol. The maximum Gasteiger partial charge on any atom is 0.326 e. The van der Waals surface area contributed by atoms with Crippen LogP contribution in [0.4, 0.5) is 11.4 Å². The number of esters is 1. The largest absolute Gasteiger partial charge is 0.461 e. The van der Waals surface area contributed by atoms with E-state index >= 15 is 0 Å². The fourth-order valence-electron chi connectivity index (χ4n) is 2.14. The molecule has 0 aliphatic carbocycles. The Hall–Kier alpha value is -1.75. The number of benzene rings is 1. The summed E-state index contributed by atoms with van der Waals surface area (Å²) in [4.78, 5) is 25.7. The zero-order valence-electron chi connectivity index (χ0n) is 12.4. The Morgan fingerprint density at radius 2 is 2.24 bits per heavy atom. The van der Waals surface area contributed by atoms with Gasteiger partial charge in [0.2, 0.25) is 5.91 Å². The molecule has 1 aromatic rings. The van der Waals surface area contributed by atoms with Gasteiger partial charge in [0.15, 0.2) is 0 Å². The second kappa shape index (κ2) is 6.35. The molecule has 1 amide bonds. The first-order chi connectivity index (χ1) is 9.92. The van der Waals surface area contributed by atoms with Gasteiger partial charge in [0, 0.05) is 5.02 Å². The highest BCUT2D eigenvalue weighted by atomic mass is 35.5. The standard InChI is InChI=1S/C15H19ClN2O3/c1-4-9(2)21-14(19)8-18-13-6-5-11(16)7-12(13)17-10(3)15(18)20/h5-7,9-10,17H,4,8H2,1-3H3. The van der Waals surface area contributed by atoms with Crippen LogP contribution in [0.3, 0.4) is 0 Å². The Morgan fingerprint density at radius 3 is 2.90 bits per heavy atom. The summed E-state index contributed by atoms with van der Waals surface area (Å²) >= 11 is 5.97. The topological polar surface area (TPSA) is 58.6 Å². The molecular formula is C15H19ClN2O3. The number of nitrogens with one attached hydrogen (secondary N) is 1. The average Bonchev–Trinajstić information content (AvgIpc) is 2.43. The first kappa shape index (κ1) is 15.6. The normalized spacial score (nSPS) is 18.8. The number of amides is 1. The van der Waals surface area contributed by atoms with Crippen molar-refractivity contribution in [1.82, 2.24) is 0 Å². The van der Waals surface area contributed by atoms with Crippen LogP contribution in [0.2, 0.25) is 5.02 Å². The number of carbonyl (C=O) groups excluding carboxylic acids is 2. The molecule has 0 radical (unpaired) electrons. The number of hydrogen-bond donors (Lipinski definition) is 1. The Kier molecular flexibility index (Phi) is 4.73. The lowest BCUT2D eigenvalue weighted by Gasteiger charge is -2.33.